The van der Waals surface area contributed by atoms with Crippen molar-refractivity contribution in [2.45, 2.75) is 39.5 Å². The zero-order valence-corrected chi connectivity index (χ0v) is 14.7. The van der Waals surface area contributed by atoms with Crippen LogP contribution in [0.3, 0.4) is 0 Å². The van der Waals surface area contributed by atoms with Crippen LogP contribution in [0.15, 0.2) is 30.3 Å². The van der Waals surface area contributed by atoms with Crippen molar-refractivity contribution in [2.75, 3.05) is 6.61 Å². The molecule has 1 N–H and O–H groups in total. The average Bonchev–Trinajstić information content (AvgIpc) is 2.78. The third-order valence-electron chi connectivity index (χ3n) is 2.36. The topological polar surface area (TPSA) is 20.2 Å². The molecule has 0 aliphatic heterocycles. The molecule has 4 heteroatoms. The molecular weight excluding hydrogens is 334 g/mol. The number of halogens is 2. The molecule has 0 spiro atoms. The largest absolute Gasteiger partial charge is 3.00 e. The van der Waals surface area contributed by atoms with Crippen molar-refractivity contribution < 1.29 is 56.1 Å². The summed E-state index contributed by atoms with van der Waals surface area (Å²) in [5.41, 5.74) is 0. The molecule has 1 radical (unpaired) electrons. The second-order valence-electron chi connectivity index (χ2n) is 3.56. The molecule has 0 bridgehead atoms. The molecule has 0 saturated carbocycles. The Hall–Kier alpha value is 0.773. The van der Waals surface area contributed by atoms with Gasteiger partial charge in [0.1, 0.15) is 0 Å². The molecule has 1 nitrogen and oxygen atoms in total. The Balaban J connectivity index is -0.0000000921. The summed E-state index contributed by atoms with van der Waals surface area (Å²) < 4.78 is 0. The molecule has 0 heterocycles. The SMILES string of the molecule is CCCCC(CC)CO.[Cl-].[Cl-].[Zr+3].c1cc[cH-]c1. The molecule has 0 aliphatic rings. The van der Waals surface area contributed by atoms with E-state index in [1.54, 1.807) is 0 Å². The van der Waals surface area contributed by atoms with Crippen molar-refractivity contribution in [1.82, 2.24) is 0 Å². The fourth-order valence-electron chi connectivity index (χ4n) is 1.24. The summed E-state index contributed by atoms with van der Waals surface area (Å²) in [4.78, 5) is 0. The van der Waals surface area contributed by atoms with Crippen molar-refractivity contribution in [3.63, 3.8) is 0 Å². The summed E-state index contributed by atoms with van der Waals surface area (Å²) in [5.74, 6) is 0.560. The van der Waals surface area contributed by atoms with Crippen LogP contribution in [0.5, 0.6) is 0 Å². The van der Waals surface area contributed by atoms with Gasteiger partial charge in [-0.1, -0.05) is 33.1 Å². The first-order valence-corrected chi connectivity index (χ1v) is 5.62. The van der Waals surface area contributed by atoms with Gasteiger partial charge in [-0.25, -0.2) is 12.1 Å². The molecule has 0 aromatic heterocycles. The van der Waals surface area contributed by atoms with E-state index in [9.17, 15) is 0 Å². The second-order valence-corrected chi connectivity index (χ2v) is 3.56. The van der Waals surface area contributed by atoms with Crippen LogP contribution in [0, 0.1) is 5.92 Å². The maximum Gasteiger partial charge on any atom is 3.00 e. The average molecular weight is 357 g/mol. The van der Waals surface area contributed by atoms with Crippen molar-refractivity contribution in [2.24, 2.45) is 5.92 Å². The van der Waals surface area contributed by atoms with Crippen LogP contribution in [0.4, 0.5) is 0 Å². The third kappa shape index (κ3) is 19.3. The number of hydrogen-bond donors (Lipinski definition) is 1. The van der Waals surface area contributed by atoms with Crippen LogP contribution in [-0.4, -0.2) is 11.7 Å². The number of unbranched alkanes of at least 4 members (excludes halogenated alkanes) is 1. The molecule has 17 heavy (non-hydrogen) atoms. The minimum absolute atomic E-state index is 0. The number of hydrogen-bond acceptors (Lipinski definition) is 1. The summed E-state index contributed by atoms with van der Waals surface area (Å²) in [6.45, 7) is 4.69. The zero-order chi connectivity index (χ0) is 10.6. The van der Waals surface area contributed by atoms with Gasteiger partial charge < -0.3 is 29.9 Å². The molecule has 99 valence electrons. The molecular formula is C13H23Cl2OZr. The van der Waals surface area contributed by atoms with Gasteiger partial charge in [-0.05, 0) is 12.3 Å². The third-order valence-corrected chi connectivity index (χ3v) is 2.36. The molecule has 0 amide bonds. The van der Waals surface area contributed by atoms with Gasteiger partial charge in [0, 0.05) is 6.61 Å². The van der Waals surface area contributed by atoms with Crippen molar-refractivity contribution in [3.05, 3.63) is 30.3 Å². The van der Waals surface area contributed by atoms with E-state index in [4.69, 9.17) is 5.11 Å². The van der Waals surface area contributed by atoms with Crippen molar-refractivity contribution >= 4 is 0 Å². The van der Waals surface area contributed by atoms with E-state index in [1.165, 1.54) is 19.3 Å². The van der Waals surface area contributed by atoms with E-state index in [2.05, 4.69) is 13.8 Å². The summed E-state index contributed by atoms with van der Waals surface area (Å²) in [7, 11) is 0. The molecule has 1 rings (SSSR count). The van der Waals surface area contributed by atoms with Gasteiger partial charge in [0.05, 0.1) is 0 Å². The Morgan fingerprint density at radius 3 is 1.88 bits per heavy atom. The van der Waals surface area contributed by atoms with Gasteiger partial charge in [0.2, 0.25) is 0 Å². The molecule has 0 saturated heterocycles. The van der Waals surface area contributed by atoms with E-state index < -0.39 is 0 Å². The van der Waals surface area contributed by atoms with Crippen LogP contribution in [0.25, 0.3) is 0 Å². The zero-order valence-electron chi connectivity index (χ0n) is 10.7. The molecule has 1 atom stereocenters. The number of aliphatic hydroxyl groups excluding tert-OH is 1. The first-order valence-electron chi connectivity index (χ1n) is 5.62. The smallest absolute Gasteiger partial charge is 1.00 e. The van der Waals surface area contributed by atoms with Gasteiger partial charge in [0.25, 0.3) is 0 Å². The summed E-state index contributed by atoms with van der Waals surface area (Å²) in [5, 5.41) is 8.75. The first-order chi connectivity index (χ1) is 6.85. The predicted molar refractivity (Wildman–Crippen MR) is 62.4 cm³/mol. The molecule has 0 aliphatic carbocycles. The maximum atomic E-state index is 8.75. The first kappa shape index (κ1) is 26.4. The molecule has 1 unspecified atom stereocenters. The standard InChI is InChI=1S/C8H18O.C5H5.2ClH.Zr/c1-3-5-6-8(4-2)7-9;1-2-4-5-3-1;;;/h8-9H,3-7H2,1-2H3;1-5H;2*1H;/q;-1;;;+3/p-2. The Bertz CT molecular complexity index is 160. The van der Waals surface area contributed by atoms with E-state index in [1.807, 2.05) is 30.3 Å². The predicted octanol–water partition coefficient (Wildman–Crippen LogP) is -2.39. The van der Waals surface area contributed by atoms with Crippen LogP contribution in [0.1, 0.15) is 39.5 Å². The Morgan fingerprint density at radius 1 is 1.12 bits per heavy atom. The number of rotatable bonds is 5. The van der Waals surface area contributed by atoms with E-state index in [0.29, 0.717) is 12.5 Å². The second kappa shape index (κ2) is 22.0. The van der Waals surface area contributed by atoms with E-state index in [0.717, 1.165) is 6.42 Å². The van der Waals surface area contributed by atoms with Crippen LogP contribution in [-0.2, 0) is 26.2 Å². The normalized spacial score (nSPS) is 9.59. The summed E-state index contributed by atoms with van der Waals surface area (Å²) in [6, 6.07) is 10.0. The van der Waals surface area contributed by atoms with Crippen LogP contribution >= 0.6 is 0 Å². The van der Waals surface area contributed by atoms with Gasteiger partial charge in [-0.15, -0.1) is 0 Å². The van der Waals surface area contributed by atoms with Gasteiger partial charge >= 0.3 is 26.2 Å². The van der Waals surface area contributed by atoms with Crippen molar-refractivity contribution in [1.29, 1.82) is 0 Å². The number of aliphatic hydroxyl groups is 1. The molecule has 0 fully saturated rings. The van der Waals surface area contributed by atoms with Gasteiger partial charge in [0.15, 0.2) is 0 Å². The van der Waals surface area contributed by atoms with E-state index in [-0.39, 0.29) is 51.0 Å². The van der Waals surface area contributed by atoms with Gasteiger partial charge in [-0.2, -0.15) is 18.2 Å². The molecule has 1 aromatic rings. The van der Waals surface area contributed by atoms with Gasteiger partial charge in [-0.3, -0.25) is 0 Å². The summed E-state index contributed by atoms with van der Waals surface area (Å²) >= 11 is 0. The fourth-order valence-corrected chi connectivity index (χ4v) is 1.24. The maximum absolute atomic E-state index is 8.75. The quantitative estimate of drug-likeness (QED) is 0.583. The monoisotopic (exact) mass is 355 g/mol. The van der Waals surface area contributed by atoms with Crippen molar-refractivity contribution in [3.8, 4) is 0 Å². The van der Waals surface area contributed by atoms with E-state index >= 15 is 0 Å². The van der Waals surface area contributed by atoms with Crippen LogP contribution in [0.2, 0.25) is 0 Å². The summed E-state index contributed by atoms with van der Waals surface area (Å²) in [6.07, 6.45) is 4.83. The minimum atomic E-state index is 0. The Labute approximate surface area is 138 Å². The fraction of sp³-hybridized carbons (Fsp3) is 0.615. The molecule has 1 aromatic carbocycles. The Kier molecular flexibility index (Phi) is 34.1. The minimum Gasteiger partial charge on any atom is -1.00 e. The van der Waals surface area contributed by atoms with Crippen LogP contribution < -0.4 is 24.8 Å². The Morgan fingerprint density at radius 2 is 1.65 bits per heavy atom.